The van der Waals surface area contributed by atoms with Gasteiger partial charge in [0.15, 0.2) is 5.78 Å². The Morgan fingerprint density at radius 2 is 2.15 bits per heavy atom. The van der Waals surface area contributed by atoms with Crippen LogP contribution in [0.1, 0.15) is 28.0 Å². The number of aromatic nitrogens is 1. The number of nitrogens with one attached hydrogen (secondary N) is 2. The van der Waals surface area contributed by atoms with Gasteiger partial charge in [0.25, 0.3) is 0 Å². The van der Waals surface area contributed by atoms with Crippen LogP contribution >= 0.6 is 0 Å². The largest absolute Gasteiger partial charge is 0.359 e. The van der Waals surface area contributed by atoms with Gasteiger partial charge in [-0.05, 0) is 41.8 Å². The fraction of sp³-hybridized carbons (Fsp3) is 0.200. The molecule has 0 fully saturated rings. The summed E-state index contributed by atoms with van der Waals surface area (Å²) in [5.41, 5.74) is 2.31. The third kappa shape index (κ3) is 2.22. The van der Waals surface area contributed by atoms with Crippen molar-refractivity contribution in [3.63, 3.8) is 0 Å². The molecule has 20 heavy (non-hydrogen) atoms. The molecule has 0 atom stereocenters. The van der Waals surface area contributed by atoms with Crippen LogP contribution in [0.2, 0.25) is 0 Å². The number of benzene rings is 1. The summed E-state index contributed by atoms with van der Waals surface area (Å²) in [7, 11) is 0. The number of fused-ring (bicyclic) bond motifs is 1. The first kappa shape index (κ1) is 12.6. The van der Waals surface area contributed by atoms with Gasteiger partial charge in [-0.25, -0.2) is 4.39 Å². The summed E-state index contributed by atoms with van der Waals surface area (Å²) in [5.74, 6) is -0.564. The maximum atomic E-state index is 13.9. The van der Waals surface area contributed by atoms with E-state index >= 15 is 0 Å². The van der Waals surface area contributed by atoms with Crippen molar-refractivity contribution < 1.29 is 14.0 Å². The molecule has 4 nitrogen and oxygen atoms in total. The Kier molecular flexibility index (Phi) is 3.10. The lowest BCUT2D eigenvalue weighted by molar-refractivity contribution is -0.115. The van der Waals surface area contributed by atoms with Crippen LogP contribution in [-0.4, -0.2) is 16.7 Å². The lowest BCUT2D eigenvalue weighted by Crippen LogP contribution is -2.05. The number of hydrogen-bond acceptors (Lipinski definition) is 2. The number of carbonyl (C=O) groups excluding carboxylic acids is 2. The quantitative estimate of drug-likeness (QED) is 0.840. The van der Waals surface area contributed by atoms with Crippen LogP contribution in [0.15, 0.2) is 30.5 Å². The minimum atomic E-state index is -0.362. The van der Waals surface area contributed by atoms with Crippen molar-refractivity contribution in [2.24, 2.45) is 0 Å². The molecule has 0 saturated heterocycles. The van der Waals surface area contributed by atoms with E-state index in [1.54, 1.807) is 24.4 Å². The minimum Gasteiger partial charge on any atom is -0.359 e. The van der Waals surface area contributed by atoms with E-state index in [4.69, 9.17) is 0 Å². The second-order valence-electron chi connectivity index (χ2n) is 4.78. The van der Waals surface area contributed by atoms with Crippen LogP contribution in [-0.2, 0) is 17.6 Å². The monoisotopic (exact) mass is 272 g/mol. The van der Waals surface area contributed by atoms with E-state index in [1.165, 1.54) is 6.07 Å². The molecule has 1 aliphatic heterocycles. The molecular formula is C15H13FN2O2. The van der Waals surface area contributed by atoms with Crippen molar-refractivity contribution in [2.45, 2.75) is 19.3 Å². The van der Waals surface area contributed by atoms with Crippen LogP contribution in [0.25, 0.3) is 0 Å². The maximum absolute atomic E-state index is 13.9. The van der Waals surface area contributed by atoms with Gasteiger partial charge in [-0.3, -0.25) is 9.59 Å². The Morgan fingerprint density at radius 1 is 1.30 bits per heavy atom. The fourth-order valence-corrected chi connectivity index (χ4v) is 2.49. The highest BCUT2D eigenvalue weighted by Gasteiger charge is 2.23. The van der Waals surface area contributed by atoms with E-state index in [0.717, 1.165) is 0 Å². The van der Waals surface area contributed by atoms with Crippen molar-refractivity contribution in [1.29, 1.82) is 0 Å². The van der Waals surface area contributed by atoms with Crippen molar-refractivity contribution in [3.05, 3.63) is 53.1 Å². The van der Waals surface area contributed by atoms with E-state index in [9.17, 15) is 14.0 Å². The third-order valence-corrected chi connectivity index (χ3v) is 3.49. The van der Waals surface area contributed by atoms with Gasteiger partial charge in [0.05, 0.1) is 12.1 Å². The number of carbonyl (C=O) groups is 2. The van der Waals surface area contributed by atoms with E-state index in [-0.39, 0.29) is 30.3 Å². The zero-order chi connectivity index (χ0) is 14.1. The van der Waals surface area contributed by atoms with Gasteiger partial charge in [-0.2, -0.15) is 0 Å². The fourth-order valence-electron chi connectivity index (χ4n) is 2.49. The van der Waals surface area contributed by atoms with Crippen LogP contribution in [0.5, 0.6) is 0 Å². The molecule has 0 saturated carbocycles. The summed E-state index contributed by atoms with van der Waals surface area (Å²) in [4.78, 5) is 26.1. The van der Waals surface area contributed by atoms with Crippen LogP contribution in [0.3, 0.4) is 0 Å². The smallest absolute Gasteiger partial charge is 0.228 e. The van der Waals surface area contributed by atoms with Crippen LogP contribution < -0.4 is 5.32 Å². The highest BCUT2D eigenvalue weighted by Crippen LogP contribution is 2.29. The Hall–Kier alpha value is -2.43. The summed E-state index contributed by atoms with van der Waals surface area (Å²) < 4.78 is 13.9. The van der Waals surface area contributed by atoms with Gasteiger partial charge < -0.3 is 10.3 Å². The molecule has 0 radical (unpaired) electrons. The Morgan fingerprint density at radius 3 is 2.90 bits per heavy atom. The highest BCUT2D eigenvalue weighted by atomic mass is 19.1. The summed E-state index contributed by atoms with van der Waals surface area (Å²) in [5, 5.41) is 2.68. The van der Waals surface area contributed by atoms with Gasteiger partial charge in [-0.1, -0.05) is 0 Å². The molecule has 0 spiro atoms. The molecule has 1 aliphatic rings. The van der Waals surface area contributed by atoms with Gasteiger partial charge in [-0.15, -0.1) is 0 Å². The molecule has 3 rings (SSSR count). The summed E-state index contributed by atoms with van der Waals surface area (Å²) >= 11 is 0. The van der Waals surface area contributed by atoms with Crippen LogP contribution in [0, 0.1) is 5.82 Å². The van der Waals surface area contributed by atoms with E-state index in [2.05, 4.69) is 10.3 Å². The summed E-state index contributed by atoms with van der Waals surface area (Å²) in [6, 6.07) is 6.33. The molecule has 1 amide bonds. The molecule has 1 aromatic carbocycles. The van der Waals surface area contributed by atoms with Crippen LogP contribution in [0.4, 0.5) is 10.1 Å². The SMILES string of the molecule is O=C1Cc2c(ccc(F)c2CCC(=O)c2ccc[nH]2)N1. The number of amides is 1. The second kappa shape index (κ2) is 4.92. The normalized spacial score (nSPS) is 13.2. The van der Waals surface area contributed by atoms with Gasteiger partial charge >= 0.3 is 0 Å². The maximum Gasteiger partial charge on any atom is 0.228 e. The molecule has 2 aromatic rings. The molecule has 5 heteroatoms. The van der Waals surface area contributed by atoms with Crippen molar-refractivity contribution in [1.82, 2.24) is 4.98 Å². The predicted octanol–water partition coefficient (Wildman–Crippen LogP) is 2.46. The van der Waals surface area contributed by atoms with Crippen molar-refractivity contribution in [2.75, 3.05) is 5.32 Å². The minimum absolute atomic E-state index is 0.0655. The number of hydrogen-bond donors (Lipinski definition) is 2. The zero-order valence-corrected chi connectivity index (χ0v) is 10.7. The molecule has 0 bridgehead atoms. The Labute approximate surface area is 115 Å². The van der Waals surface area contributed by atoms with Gasteiger partial charge in [0.1, 0.15) is 5.82 Å². The number of H-pyrrole nitrogens is 1. The number of ketones is 1. The topological polar surface area (TPSA) is 62.0 Å². The highest BCUT2D eigenvalue weighted by molar-refractivity contribution is 6.00. The first-order valence-corrected chi connectivity index (χ1v) is 6.42. The number of Topliss-reactive ketones (excluding diaryl/α,β-unsaturated/α-hetero) is 1. The predicted molar refractivity (Wildman–Crippen MR) is 72.2 cm³/mol. The standard InChI is InChI=1S/C15H13FN2O2/c16-11-4-5-12-10(8-15(20)18-12)9(11)3-6-14(19)13-2-1-7-17-13/h1-2,4-5,7,17H,3,6,8H2,(H,18,20). The number of aromatic amines is 1. The first-order valence-electron chi connectivity index (χ1n) is 6.42. The molecule has 102 valence electrons. The van der Waals surface area contributed by atoms with Crippen molar-refractivity contribution >= 4 is 17.4 Å². The molecule has 1 aromatic heterocycles. The molecule has 0 aliphatic carbocycles. The van der Waals surface area contributed by atoms with Gasteiger partial charge in [0, 0.05) is 18.3 Å². The van der Waals surface area contributed by atoms with E-state index in [1.807, 2.05) is 0 Å². The average molecular weight is 272 g/mol. The number of rotatable bonds is 4. The number of anilines is 1. The van der Waals surface area contributed by atoms with Crippen molar-refractivity contribution in [3.8, 4) is 0 Å². The van der Waals surface area contributed by atoms with E-state index in [0.29, 0.717) is 28.9 Å². The Bertz CT molecular complexity index is 677. The van der Waals surface area contributed by atoms with Gasteiger partial charge in [0.2, 0.25) is 5.91 Å². The summed E-state index contributed by atoms with van der Waals surface area (Å²) in [6.45, 7) is 0. The molecule has 2 heterocycles. The zero-order valence-electron chi connectivity index (χ0n) is 10.7. The molecular weight excluding hydrogens is 259 g/mol. The second-order valence-corrected chi connectivity index (χ2v) is 4.78. The van der Waals surface area contributed by atoms with E-state index < -0.39 is 0 Å². The number of halogens is 1. The first-order chi connectivity index (χ1) is 9.65. The third-order valence-electron chi connectivity index (χ3n) is 3.49. The molecule has 0 unspecified atom stereocenters. The lowest BCUT2D eigenvalue weighted by atomic mass is 9.98. The molecule has 2 N–H and O–H groups in total. The summed E-state index contributed by atoms with van der Waals surface area (Å²) in [6.07, 6.45) is 2.36. The Balaban J connectivity index is 1.80. The average Bonchev–Trinajstić information content (AvgIpc) is 3.05. The lowest BCUT2D eigenvalue weighted by Gasteiger charge is -2.08.